The van der Waals surface area contributed by atoms with Gasteiger partial charge in [0.15, 0.2) is 0 Å². The number of nitrogens with zero attached hydrogens (tertiary/aromatic N) is 2. The SMILES string of the molecule is Cc1ccc(CNC(=O)N2CCC(CN3C[C@H](C)C[C@@H](C)C3)CC2)cc1. The molecule has 2 heterocycles. The van der Waals surface area contributed by atoms with Crippen LogP contribution in [0.1, 0.15) is 44.2 Å². The first-order chi connectivity index (χ1) is 12.5. The number of likely N-dealkylation sites (tertiary alicyclic amines) is 2. The molecule has 4 nitrogen and oxygen atoms in total. The van der Waals surface area contributed by atoms with Crippen molar-refractivity contribution in [1.29, 1.82) is 0 Å². The van der Waals surface area contributed by atoms with E-state index in [2.05, 4.69) is 55.3 Å². The number of rotatable bonds is 4. The molecule has 2 fully saturated rings. The Morgan fingerprint density at radius 1 is 1.08 bits per heavy atom. The summed E-state index contributed by atoms with van der Waals surface area (Å²) in [5, 5.41) is 3.07. The highest BCUT2D eigenvalue weighted by molar-refractivity contribution is 5.74. The van der Waals surface area contributed by atoms with E-state index in [0.29, 0.717) is 6.54 Å². The average molecular weight is 358 g/mol. The second-order valence-corrected chi connectivity index (χ2v) is 8.74. The first-order valence-corrected chi connectivity index (χ1v) is 10.3. The van der Waals surface area contributed by atoms with Crippen molar-refractivity contribution in [3.8, 4) is 0 Å². The van der Waals surface area contributed by atoms with Gasteiger partial charge in [0.25, 0.3) is 0 Å². The third-order valence-electron chi connectivity index (χ3n) is 5.93. The van der Waals surface area contributed by atoms with E-state index < -0.39 is 0 Å². The van der Waals surface area contributed by atoms with Gasteiger partial charge in [0.1, 0.15) is 0 Å². The van der Waals surface area contributed by atoms with E-state index in [1.165, 1.54) is 31.6 Å². The third-order valence-corrected chi connectivity index (χ3v) is 5.93. The van der Waals surface area contributed by atoms with Crippen molar-refractivity contribution < 1.29 is 4.79 Å². The van der Waals surface area contributed by atoms with Gasteiger partial charge >= 0.3 is 6.03 Å². The Kier molecular flexibility index (Phi) is 6.58. The van der Waals surface area contributed by atoms with Crippen molar-refractivity contribution in [1.82, 2.24) is 15.1 Å². The highest BCUT2D eigenvalue weighted by Gasteiger charge is 2.27. The van der Waals surface area contributed by atoms with Crippen molar-refractivity contribution >= 4 is 6.03 Å². The Labute approximate surface area is 158 Å². The van der Waals surface area contributed by atoms with Crippen LogP contribution in [-0.2, 0) is 6.54 Å². The minimum Gasteiger partial charge on any atom is -0.334 e. The average Bonchev–Trinajstić information content (AvgIpc) is 2.61. The molecule has 2 atom stereocenters. The molecule has 1 N–H and O–H groups in total. The third kappa shape index (κ3) is 5.47. The summed E-state index contributed by atoms with van der Waals surface area (Å²) in [4.78, 5) is 17.1. The summed E-state index contributed by atoms with van der Waals surface area (Å²) in [7, 11) is 0. The minimum absolute atomic E-state index is 0.0873. The van der Waals surface area contributed by atoms with Crippen LogP contribution in [-0.4, -0.2) is 48.6 Å². The zero-order chi connectivity index (χ0) is 18.5. The Bertz CT molecular complexity index is 568. The highest BCUT2D eigenvalue weighted by Crippen LogP contribution is 2.25. The number of aryl methyl sites for hydroxylation is 1. The van der Waals surface area contributed by atoms with Crippen LogP contribution in [0.5, 0.6) is 0 Å². The summed E-state index contributed by atoms with van der Waals surface area (Å²) in [6, 6.07) is 8.44. The number of carbonyl (C=O) groups is 1. The van der Waals surface area contributed by atoms with Crippen molar-refractivity contribution in [2.24, 2.45) is 17.8 Å². The standard InChI is InChI=1S/C22H35N3O/c1-17-4-6-20(7-5-17)13-23-22(26)25-10-8-21(9-11-25)16-24-14-18(2)12-19(3)15-24/h4-7,18-19,21H,8-16H2,1-3H3,(H,23,26)/t18-,19-/m1/s1. The van der Waals surface area contributed by atoms with Gasteiger partial charge in [0.2, 0.25) is 0 Å². The zero-order valence-electron chi connectivity index (χ0n) is 16.7. The molecule has 2 aliphatic heterocycles. The molecule has 0 saturated carbocycles. The summed E-state index contributed by atoms with van der Waals surface area (Å²) in [5.74, 6) is 2.39. The number of hydrogen-bond acceptors (Lipinski definition) is 2. The maximum absolute atomic E-state index is 12.4. The van der Waals surface area contributed by atoms with Gasteiger partial charge in [-0.15, -0.1) is 0 Å². The van der Waals surface area contributed by atoms with Crippen molar-refractivity contribution in [2.75, 3.05) is 32.7 Å². The Balaban J connectivity index is 1.38. The molecule has 3 rings (SSSR count). The van der Waals surface area contributed by atoms with Gasteiger partial charge in [-0.25, -0.2) is 4.79 Å². The largest absolute Gasteiger partial charge is 0.334 e. The molecule has 2 amide bonds. The van der Waals surface area contributed by atoms with Crippen LogP contribution < -0.4 is 5.32 Å². The fourth-order valence-electron chi connectivity index (χ4n) is 4.62. The highest BCUT2D eigenvalue weighted by atomic mass is 16.2. The zero-order valence-corrected chi connectivity index (χ0v) is 16.7. The van der Waals surface area contributed by atoms with E-state index >= 15 is 0 Å². The number of piperidine rings is 2. The molecule has 2 aliphatic rings. The van der Waals surface area contributed by atoms with Gasteiger partial charge in [0.05, 0.1) is 0 Å². The molecule has 0 radical (unpaired) electrons. The number of nitrogens with one attached hydrogen (secondary N) is 1. The molecule has 0 spiro atoms. The molecule has 26 heavy (non-hydrogen) atoms. The second-order valence-electron chi connectivity index (χ2n) is 8.74. The van der Waals surface area contributed by atoms with E-state index in [1.807, 2.05) is 4.90 Å². The fraction of sp³-hybridized carbons (Fsp3) is 0.682. The lowest BCUT2D eigenvalue weighted by atomic mass is 9.89. The lowest BCUT2D eigenvalue weighted by Crippen LogP contribution is -2.47. The van der Waals surface area contributed by atoms with E-state index in [1.54, 1.807) is 0 Å². The van der Waals surface area contributed by atoms with E-state index in [0.717, 1.165) is 49.2 Å². The quantitative estimate of drug-likeness (QED) is 0.887. The summed E-state index contributed by atoms with van der Waals surface area (Å²) in [6.07, 6.45) is 3.64. The van der Waals surface area contributed by atoms with Crippen molar-refractivity contribution in [3.63, 3.8) is 0 Å². The predicted molar refractivity (Wildman–Crippen MR) is 107 cm³/mol. The van der Waals surface area contributed by atoms with Gasteiger partial charge in [0, 0.05) is 39.3 Å². The van der Waals surface area contributed by atoms with Crippen LogP contribution in [0.3, 0.4) is 0 Å². The minimum atomic E-state index is 0.0873. The Morgan fingerprint density at radius 2 is 1.69 bits per heavy atom. The molecule has 1 aromatic rings. The van der Waals surface area contributed by atoms with Crippen LogP contribution in [0, 0.1) is 24.7 Å². The molecule has 0 bridgehead atoms. The van der Waals surface area contributed by atoms with Crippen LogP contribution in [0.4, 0.5) is 4.79 Å². The molecular formula is C22H35N3O. The number of hydrogen-bond donors (Lipinski definition) is 1. The maximum Gasteiger partial charge on any atom is 0.317 e. The van der Waals surface area contributed by atoms with Gasteiger partial charge in [-0.3, -0.25) is 0 Å². The molecule has 4 heteroatoms. The fourth-order valence-corrected chi connectivity index (χ4v) is 4.62. The molecule has 0 aromatic heterocycles. The monoisotopic (exact) mass is 357 g/mol. The Morgan fingerprint density at radius 3 is 2.31 bits per heavy atom. The molecular weight excluding hydrogens is 322 g/mol. The lowest BCUT2D eigenvalue weighted by molar-refractivity contribution is 0.0995. The first kappa shape index (κ1) is 19.2. The molecule has 0 unspecified atom stereocenters. The Hall–Kier alpha value is -1.55. The summed E-state index contributed by atoms with van der Waals surface area (Å²) in [5.41, 5.74) is 2.41. The van der Waals surface area contributed by atoms with Gasteiger partial charge in [-0.2, -0.15) is 0 Å². The normalized spacial score (nSPS) is 25.3. The second kappa shape index (κ2) is 8.90. The van der Waals surface area contributed by atoms with E-state index in [9.17, 15) is 4.79 Å². The van der Waals surface area contributed by atoms with E-state index in [4.69, 9.17) is 0 Å². The molecule has 144 valence electrons. The van der Waals surface area contributed by atoms with Gasteiger partial charge < -0.3 is 15.1 Å². The predicted octanol–water partition coefficient (Wildman–Crippen LogP) is 3.89. The van der Waals surface area contributed by atoms with Crippen LogP contribution >= 0.6 is 0 Å². The molecule has 1 aromatic carbocycles. The van der Waals surface area contributed by atoms with Crippen molar-refractivity contribution in [3.05, 3.63) is 35.4 Å². The number of amides is 2. The topological polar surface area (TPSA) is 35.6 Å². The van der Waals surface area contributed by atoms with Crippen LogP contribution in [0.2, 0.25) is 0 Å². The number of urea groups is 1. The van der Waals surface area contributed by atoms with E-state index in [-0.39, 0.29) is 6.03 Å². The van der Waals surface area contributed by atoms with Crippen LogP contribution in [0.15, 0.2) is 24.3 Å². The van der Waals surface area contributed by atoms with Crippen LogP contribution in [0.25, 0.3) is 0 Å². The number of benzene rings is 1. The summed E-state index contributed by atoms with van der Waals surface area (Å²) >= 11 is 0. The molecule has 2 saturated heterocycles. The first-order valence-electron chi connectivity index (χ1n) is 10.3. The summed E-state index contributed by atoms with van der Waals surface area (Å²) < 4.78 is 0. The van der Waals surface area contributed by atoms with Gasteiger partial charge in [-0.1, -0.05) is 43.7 Å². The summed E-state index contributed by atoms with van der Waals surface area (Å²) in [6.45, 7) is 13.0. The number of carbonyl (C=O) groups excluding carboxylic acids is 1. The van der Waals surface area contributed by atoms with Crippen molar-refractivity contribution in [2.45, 2.75) is 46.6 Å². The lowest BCUT2D eigenvalue weighted by Gasteiger charge is -2.39. The maximum atomic E-state index is 12.4. The smallest absolute Gasteiger partial charge is 0.317 e. The molecule has 0 aliphatic carbocycles. The van der Waals surface area contributed by atoms with Gasteiger partial charge in [-0.05, 0) is 49.5 Å².